The molecule has 1 atom stereocenters. The Balaban J connectivity index is 2.18. The lowest BCUT2D eigenvalue weighted by Gasteiger charge is -2.24. The normalized spacial score (nSPS) is 18.2. The number of hydrogen-bond donors (Lipinski definition) is 1. The fourth-order valence-corrected chi connectivity index (χ4v) is 2.53. The quantitative estimate of drug-likeness (QED) is 0.862. The maximum absolute atomic E-state index is 11.0. The third kappa shape index (κ3) is 2.00. The number of hydrogen-bond acceptors (Lipinski definition) is 1. The van der Waals surface area contributed by atoms with E-state index >= 15 is 0 Å². The first-order chi connectivity index (χ1) is 7.61. The molecule has 1 aliphatic carbocycles. The monoisotopic (exact) mass is 239 g/mol. The maximum Gasteiger partial charge on any atom is 0.407 e. The van der Waals surface area contributed by atoms with Gasteiger partial charge in [0.1, 0.15) is 0 Å². The minimum Gasteiger partial charge on any atom is -0.465 e. The molecule has 1 amide bonds. The molecule has 0 saturated carbocycles. The van der Waals surface area contributed by atoms with E-state index in [-0.39, 0.29) is 6.04 Å². The van der Waals surface area contributed by atoms with Crippen molar-refractivity contribution >= 4 is 17.7 Å². The van der Waals surface area contributed by atoms with E-state index in [9.17, 15) is 4.79 Å². The first-order valence-electron chi connectivity index (χ1n) is 5.38. The van der Waals surface area contributed by atoms with E-state index < -0.39 is 6.09 Å². The lowest BCUT2D eigenvalue weighted by atomic mass is 10.1. The van der Waals surface area contributed by atoms with Crippen LogP contribution >= 0.6 is 11.6 Å². The van der Waals surface area contributed by atoms with Crippen LogP contribution in [-0.2, 0) is 12.8 Å². The van der Waals surface area contributed by atoms with Crippen LogP contribution in [0.2, 0.25) is 5.02 Å². The van der Waals surface area contributed by atoms with Crippen molar-refractivity contribution in [1.82, 2.24) is 4.90 Å². The number of carbonyl (C=O) groups is 1. The highest BCUT2D eigenvalue weighted by atomic mass is 35.5. The Labute approximate surface area is 99.6 Å². The van der Waals surface area contributed by atoms with Gasteiger partial charge in [-0.1, -0.05) is 17.7 Å². The van der Waals surface area contributed by atoms with Crippen molar-refractivity contribution in [2.45, 2.75) is 25.8 Å². The zero-order valence-corrected chi connectivity index (χ0v) is 9.87. The van der Waals surface area contributed by atoms with Crippen molar-refractivity contribution in [2.24, 2.45) is 0 Å². The van der Waals surface area contributed by atoms with Crippen LogP contribution in [0.4, 0.5) is 4.79 Å². The lowest BCUT2D eigenvalue weighted by Crippen LogP contribution is -2.39. The van der Waals surface area contributed by atoms with Gasteiger partial charge in [-0.2, -0.15) is 0 Å². The summed E-state index contributed by atoms with van der Waals surface area (Å²) in [5.41, 5.74) is 2.39. The molecule has 0 aliphatic heterocycles. The van der Waals surface area contributed by atoms with Gasteiger partial charge in [0.25, 0.3) is 0 Å². The second-order valence-corrected chi connectivity index (χ2v) is 4.48. The highest BCUT2D eigenvalue weighted by molar-refractivity contribution is 6.30. The lowest BCUT2D eigenvalue weighted by molar-refractivity contribution is 0.129. The Morgan fingerprint density at radius 1 is 1.50 bits per heavy atom. The molecule has 1 N–H and O–H groups in total. The molecule has 0 aromatic heterocycles. The minimum absolute atomic E-state index is 0.0657. The molecule has 3 nitrogen and oxygen atoms in total. The number of halogens is 1. The molecule has 4 heteroatoms. The standard InChI is InChI=1S/C12H14ClNO2/c1-2-14(12(15)16)11-6-8-3-4-10(13)5-9(8)7-11/h3-5,11H,2,6-7H2,1H3,(H,15,16). The third-order valence-electron chi connectivity index (χ3n) is 3.11. The van der Waals surface area contributed by atoms with Crippen LogP contribution in [0, 0.1) is 0 Å². The molecule has 0 heterocycles. The smallest absolute Gasteiger partial charge is 0.407 e. The summed E-state index contributed by atoms with van der Waals surface area (Å²) in [5.74, 6) is 0. The summed E-state index contributed by atoms with van der Waals surface area (Å²) in [6, 6.07) is 5.86. The molecular formula is C12H14ClNO2. The first kappa shape index (κ1) is 11.3. The van der Waals surface area contributed by atoms with Gasteiger partial charge in [-0.15, -0.1) is 0 Å². The molecule has 1 unspecified atom stereocenters. The van der Waals surface area contributed by atoms with E-state index in [0.717, 1.165) is 17.9 Å². The number of amides is 1. The van der Waals surface area contributed by atoms with Gasteiger partial charge in [0, 0.05) is 17.6 Å². The molecule has 0 bridgehead atoms. The van der Waals surface area contributed by atoms with Gasteiger partial charge in [0.2, 0.25) is 0 Å². The van der Waals surface area contributed by atoms with Crippen LogP contribution in [0.25, 0.3) is 0 Å². The fraction of sp³-hybridized carbons (Fsp3) is 0.417. The Morgan fingerprint density at radius 2 is 2.19 bits per heavy atom. The number of nitrogens with zero attached hydrogens (tertiary/aromatic N) is 1. The average molecular weight is 240 g/mol. The van der Waals surface area contributed by atoms with Crippen molar-refractivity contribution in [1.29, 1.82) is 0 Å². The van der Waals surface area contributed by atoms with Crippen LogP contribution in [0.1, 0.15) is 18.1 Å². The summed E-state index contributed by atoms with van der Waals surface area (Å²) in [7, 11) is 0. The van der Waals surface area contributed by atoms with Crippen molar-refractivity contribution in [3.8, 4) is 0 Å². The Morgan fingerprint density at radius 3 is 2.81 bits per heavy atom. The number of fused-ring (bicyclic) bond motifs is 1. The molecule has 1 aromatic rings. The van der Waals surface area contributed by atoms with Crippen LogP contribution in [0.3, 0.4) is 0 Å². The molecular weight excluding hydrogens is 226 g/mol. The van der Waals surface area contributed by atoms with Crippen molar-refractivity contribution in [3.05, 3.63) is 34.3 Å². The Hall–Kier alpha value is -1.22. The largest absolute Gasteiger partial charge is 0.465 e. The van der Waals surface area contributed by atoms with E-state index in [4.69, 9.17) is 16.7 Å². The zero-order chi connectivity index (χ0) is 11.7. The number of rotatable bonds is 2. The maximum atomic E-state index is 11.0. The number of benzene rings is 1. The van der Waals surface area contributed by atoms with Gasteiger partial charge < -0.3 is 10.0 Å². The molecule has 0 spiro atoms. The van der Waals surface area contributed by atoms with E-state index in [1.165, 1.54) is 16.0 Å². The zero-order valence-electron chi connectivity index (χ0n) is 9.11. The SMILES string of the molecule is CCN(C(=O)O)C1Cc2ccc(Cl)cc2C1. The van der Waals surface area contributed by atoms with E-state index in [1.54, 1.807) is 0 Å². The van der Waals surface area contributed by atoms with Crippen LogP contribution in [-0.4, -0.2) is 28.7 Å². The topological polar surface area (TPSA) is 40.5 Å². The summed E-state index contributed by atoms with van der Waals surface area (Å²) in [6.45, 7) is 2.39. The molecule has 1 aliphatic rings. The summed E-state index contributed by atoms with van der Waals surface area (Å²) in [4.78, 5) is 12.5. The van der Waals surface area contributed by atoms with Crippen molar-refractivity contribution in [2.75, 3.05) is 6.54 Å². The summed E-state index contributed by atoms with van der Waals surface area (Å²) in [5, 5.41) is 9.79. The fourth-order valence-electron chi connectivity index (χ4n) is 2.33. The number of carboxylic acid groups (broad SMARTS) is 1. The van der Waals surface area contributed by atoms with Gasteiger partial charge in [0.15, 0.2) is 0 Å². The first-order valence-corrected chi connectivity index (χ1v) is 5.76. The Bertz CT molecular complexity index is 419. The molecule has 0 saturated heterocycles. The van der Waals surface area contributed by atoms with Gasteiger partial charge in [-0.05, 0) is 43.0 Å². The van der Waals surface area contributed by atoms with Gasteiger partial charge in [-0.25, -0.2) is 4.79 Å². The Kier molecular flexibility index (Phi) is 3.06. The van der Waals surface area contributed by atoms with E-state index in [0.29, 0.717) is 6.54 Å². The molecule has 0 radical (unpaired) electrons. The molecule has 2 rings (SSSR count). The van der Waals surface area contributed by atoms with Crippen molar-refractivity contribution < 1.29 is 9.90 Å². The summed E-state index contributed by atoms with van der Waals surface area (Å²) < 4.78 is 0. The highest BCUT2D eigenvalue weighted by Gasteiger charge is 2.28. The van der Waals surface area contributed by atoms with E-state index in [1.807, 2.05) is 25.1 Å². The van der Waals surface area contributed by atoms with E-state index in [2.05, 4.69) is 0 Å². The molecule has 16 heavy (non-hydrogen) atoms. The van der Waals surface area contributed by atoms with Crippen LogP contribution in [0.5, 0.6) is 0 Å². The second kappa shape index (κ2) is 4.34. The van der Waals surface area contributed by atoms with Crippen molar-refractivity contribution in [3.63, 3.8) is 0 Å². The summed E-state index contributed by atoms with van der Waals surface area (Å²) >= 11 is 5.92. The molecule has 0 fully saturated rings. The third-order valence-corrected chi connectivity index (χ3v) is 3.34. The van der Waals surface area contributed by atoms with Gasteiger partial charge in [0.05, 0.1) is 0 Å². The van der Waals surface area contributed by atoms with Gasteiger partial charge >= 0.3 is 6.09 Å². The predicted octanol–water partition coefficient (Wildman–Crippen LogP) is 2.81. The highest BCUT2D eigenvalue weighted by Crippen LogP contribution is 2.28. The van der Waals surface area contributed by atoms with Crippen LogP contribution in [0.15, 0.2) is 18.2 Å². The molecule has 1 aromatic carbocycles. The van der Waals surface area contributed by atoms with Crippen LogP contribution < -0.4 is 0 Å². The molecule has 86 valence electrons. The minimum atomic E-state index is -0.841. The predicted molar refractivity (Wildman–Crippen MR) is 63.1 cm³/mol. The second-order valence-electron chi connectivity index (χ2n) is 4.04. The average Bonchev–Trinajstić information content (AvgIpc) is 2.60. The van der Waals surface area contributed by atoms with Gasteiger partial charge in [-0.3, -0.25) is 0 Å². The number of likely N-dealkylation sites (N-methyl/N-ethyl adjacent to an activating group) is 1. The summed E-state index contributed by atoms with van der Waals surface area (Å²) in [6.07, 6.45) is 0.731.